The maximum Gasteiger partial charge on any atom is 0.472 e. The van der Waals surface area contributed by atoms with Crippen molar-refractivity contribution in [2.24, 2.45) is 0 Å². The van der Waals surface area contributed by atoms with Crippen LogP contribution in [0, 0.1) is 0 Å². The fourth-order valence-corrected chi connectivity index (χ4v) is 8.34. The zero-order valence-corrected chi connectivity index (χ0v) is 42.6. The molecule has 0 bridgehead atoms. The van der Waals surface area contributed by atoms with E-state index in [4.69, 9.17) is 18.5 Å². The Balaban J connectivity index is 2.89. The van der Waals surface area contributed by atoms with E-state index in [2.05, 4.69) is 96.4 Å². The van der Waals surface area contributed by atoms with E-state index >= 15 is 0 Å². The van der Waals surface area contributed by atoms with Gasteiger partial charge in [-0.25, -0.2) is 9.13 Å². The molecule has 1 fully saturated rings. The molecule has 7 N–H and O–H groups in total. The first-order valence-corrected chi connectivity index (χ1v) is 25.9. The van der Waals surface area contributed by atoms with Gasteiger partial charge in [0.1, 0.15) is 42.7 Å². The molecule has 0 aromatic carbocycles. The zero-order valence-electron chi connectivity index (χ0n) is 40.9. The van der Waals surface area contributed by atoms with E-state index in [1.54, 1.807) is 0 Å². The molecule has 1 saturated carbocycles. The van der Waals surface area contributed by atoms with Crippen LogP contribution in [-0.4, -0.2) is 104 Å². The predicted octanol–water partition coefficient (Wildman–Crippen LogP) is 10.1. The first-order chi connectivity index (χ1) is 30.4. The molecule has 1 aliphatic carbocycles. The van der Waals surface area contributed by atoms with Crippen LogP contribution in [0.25, 0.3) is 0 Å². The van der Waals surface area contributed by atoms with Crippen LogP contribution in [0.5, 0.6) is 0 Å². The number of ether oxygens (including phenoxy) is 2. The first kappa shape index (κ1) is 60.9. The Bertz CT molecular complexity index is 1750. The fraction of sp³-hybridized carbons (Fsp3) is 0.673. The third-order valence-corrected chi connectivity index (χ3v) is 12.4. The second-order valence-electron chi connectivity index (χ2n) is 17.9. The van der Waals surface area contributed by atoms with Gasteiger partial charge in [0.15, 0.2) is 0 Å². The quantitative estimate of drug-likeness (QED) is 0.0189. The molecule has 1 rings (SSSR count). The molecule has 0 heterocycles. The minimum atomic E-state index is -5.32. The standard InChI is InChI=1S/C49H84O14P2/c1-35(2)17-11-19-37(5)21-13-23-39(7)25-15-27-41(9)29-31-59-33-43(60-32-30-42(10)28-16-26-40(8)24-14-22-38(6)20-12-18-36(3)4)34-61-65(57,58)63-49-46(52)44(50)45(51)48(47(49)53)62-64(54,55)56/h17-18,21-22,25-26,29-30,43-53H,11-16,19-20,23-24,27-28,31-34H2,1-10H3,(H,57,58)(H2,54,55,56)/b37-21+,38-22+,39-25+,40-26+,41-29+,42-30+/t43-,44-,45-,46+,47+,48+,49-/m0/s1. The molecule has 0 spiro atoms. The highest BCUT2D eigenvalue weighted by molar-refractivity contribution is 7.47. The number of hydrogen-bond acceptors (Lipinski definition) is 11. The summed E-state index contributed by atoms with van der Waals surface area (Å²) in [6.45, 7) is 21.0. The summed E-state index contributed by atoms with van der Waals surface area (Å²) < 4.78 is 51.0. The average Bonchev–Trinajstić information content (AvgIpc) is 3.20. The van der Waals surface area contributed by atoms with Crippen molar-refractivity contribution in [1.82, 2.24) is 0 Å². The third-order valence-electron chi connectivity index (χ3n) is 10.9. The lowest BCUT2D eigenvalue weighted by Gasteiger charge is -2.43. The van der Waals surface area contributed by atoms with Gasteiger partial charge in [0.05, 0.1) is 26.4 Å². The van der Waals surface area contributed by atoms with Crippen molar-refractivity contribution in [3.05, 3.63) is 93.2 Å². The molecule has 0 saturated heterocycles. The molecule has 14 nitrogen and oxygen atoms in total. The number of phosphoric acid groups is 2. The molecule has 0 amide bonds. The summed E-state index contributed by atoms with van der Waals surface area (Å²) in [4.78, 5) is 29.1. The van der Waals surface area contributed by atoms with Crippen molar-refractivity contribution in [1.29, 1.82) is 0 Å². The normalized spacial score (nSPS) is 23.3. The lowest BCUT2D eigenvalue weighted by atomic mass is 9.85. The third kappa shape index (κ3) is 29.4. The molecule has 374 valence electrons. The van der Waals surface area contributed by atoms with Crippen molar-refractivity contribution in [2.75, 3.05) is 26.4 Å². The number of aliphatic hydroxyl groups is 4. The van der Waals surface area contributed by atoms with Crippen molar-refractivity contribution in [2.45, 2.75) is 189 Å². The van der Waals surface area contributed by atoms with Crippen LogP contribution in [0.2, 0.25) is 0 Å². The van der Waals surface area contributed by atoms with Crippen LogP contribution in [-0.2, 0) is 32.2 Å². The highest BCUT2D eigenvalue weighted by atomic mass is 31.2. The Morgan fingerprint density at radius 2 is 0.815 bits per heavy atom. The molecule has 8 atom stereocenters. The topological polar surface area (TPSA) is 222 Å². The maximum absolute atomic E-state index is 13.1. The Hall–Kier alpha value is -2.10. The Labute approximate surface area is 390 Å². The second-order valence-corrected chi connectivity index (χ2v) is 20.5. The molecule has 1 aliphatic rings. The van der Waals surface area contributed by atoms with Gasteiger partial charge in [-0.3, -0.25) is 13.6 Å². The van der Waals surface area contributed by atoms with Crippen LogP contribution >= 0.6 is 15.6 Å². The second kappa shape index (κ2) is 32.6. The van der Waals surface area contributed by atoms with Gasteiger partial charge in [-0.2, -0.15) is 0 Å². The monoisotopic (exact) mass is 959 g/mol. The van der Waals surface area contributed by atoms with Gasteiger partial charge in [0.2, 0.25) is 0 Å². The van der Waals surface area contributed by atoms with E-state index < -0.39 is 65.0 Å². The number of aliphatic hydroxyl groups excluding tert-OH is 4. The van der Waals surface area contributed by atoms with Gasteiger partial charge >= 0.3 is 15.6 Å². The predicted molar refractivity (Wildman–Crippen MR) is 259 cm³/mol. The molecule has 0 radical (unpaired) electrons. The van der Waals surface area contributed by atoms with Crippen LogP contribution in [0.3, 0.4) is 0 Å². The van der Waals surface area contributed by atoms with E-state index in [1.165, 1.54) is 33.4 Å². The van der Waals surface area contributed by atoms with E-state index in [9.17, 15) is 44.2 Å². The summed E-state index contributed by atoms with van der Waals surface area (Å²) in [7, 11) is -10.5. The number of hydrogen-bond donors (Lipinski definition) is 7. The minimum Gasteiger partial charge on any atom is -0.387 e. The number of allylic oxidation sites excluding steroid dienone is 14. The van der Waals surface area contributed by atoms with Crippen molar-refractivity contribution in [3.8, 4) is 0 Å². The van der Waals surface area contributed by atoms with Gasteiger partial charge in [-0.15, -0.1) is 0 Å². The van der Waals surface area contributed by atoms with Gasteiger partial charge in [-0.05, 0) is 146 Å². The summed E-state index contributed by atoms with van der Waals surface area (Å²) in [6.07, 6.45) is 15.3. The number of phosphoric ester groups is 2. The van der Waals surface area contributed by atoms with Gasteiger partial charge in [0, 0.05) is 0 Å². The SMILES string of the molecule is CC(C)=CCC/C(C)=C/CC/C(C)=C/CC/C(C)=C/COC[C@@H](COP(=O)(O)O[C@@H]1[C@H](O)[C@H](OP(=O)(O)O)[C@@H](O)[C@H](O)[C@H]1O)OC/C=C(\C)CC/C=C(\C)CC/C=C(\C)CCC=C(C)C. The molecule has 1 unspecified atom stereocenters. The smallest absolute Gasteiger partial charge is 0.387 e. The van der Waals surface area contributed by atoms with E-state index in [1.807, 2.05) is 26.0 Å². The summed E-state index contributed by atoms with van der Waals surface area (Å²) in [5.41, 5.74) is 10.4. The molecule has 0 aromatic rings. The lowest BCUT2D eigenvalue weighted by molar-refractivity contribution is -0.216. The largest absolute Gasteiger partial charge is 0.472 e. The average molecular weight is 959 g/mol. The van der Waals surface area contributed by atoms with Crippen LogP contribution in [0.15, 0.2) is 93.2 Å². The molecular formula is C49H84O14P2. The summed E-state index contributed by atoms with van der Waals surface area (Å²) in [6, 6.07) is 0. The molecule has 65 heavy (non-hydrogen) atoms. The molecular weight excluding hydrogens is 874 g/mol. The summed E-state index contributed by atoms with van der Waals surface area (Å²) in [5, 5.41) is 41.5. The van der Waals surface area contributed by atoms with Crippen molar-refractivity contribution < 1.29 is 67.3 Å². The summed E-state index contributed by atoms with van der Waals surface area (Å²) in [5.74, 6) is 0. The molecule has 0 aliphatic heterocycles. The van der Waals surface area contributed by atoms with Gasteiger partial charge < -0.3 is 44.6 Å². The van der Waals surface area contributed by atoms with Crippen molar-refractivity contribution in [3.63, 3.8) is 0 Å². The number of rotatable bonds is 32. The van der Waals surface area contributed by atoms with Crippen LogP contribution < -0.4 is 0 Å². The van der Waals surface area contributed by atoms with Gasteiger partial charge in [0.25, 0.3) is 0 Å². The maximum atomic E-state index is 13.1. The highest BCUT2D eigenvalue weighted by Crippen LogP contribution is 2.49. The molecule has 16 heteroatoms. The Kier molecular flexibility index (Phi) is 30.6. The first-order valence-electron chi connectivity index (χ1n) is 22.9. The molecule has 0 aromatic heterocycles. The van der Waals surface area contributed by atoms with E-state index in [-0.39, 0.29) is 19.8 Å². The van der Waals surface area contributed by atoms with Crippen LogP contribution in [0.1, 0.15) is 146 Å². The fourth-order valence-electron chi connectivity index (χ4n) is 6.80. The van der Waals surface area contributed by atoms with Crippen molar-refractivity contribution >= 4 is 15.6 Å². The van der Waals surface area contributed by atoms with Gasteiger partial charge in [-0.1, -0.05) is 93.2 Å². The lowest BCUT2D eigenvalue weighted by Crippen LogP contribution is -2.64. The minimum absolute atomic E-state index is 0.0421. The Morgan fingerprint density at radius 1 is 0.462 bits per heavy atom. The van der Waals surface area contributed by atoms with E-state index in [0.717, 1.165) is 88.2 Å². The highest BCUT2D eigenvalue weighted by Gasteiger charge is 2.54. The van der Waals surface area contributed by atoms with E-state index in [0.29, 0.717) is 0 Å². The van der Waals surface area contributed by atoms with Crippen LogP contribution in [0.4, 0.5) is 0 Å². The summed E-state index contributed by atoms with van der Waals surface area (Å²) >= 11 is 0. The Morgan fingerprint density at radius 3 is 1.20 bits per heavy atom. The zero-order chi connectivity index (χ0) is 49.2.